The summed E-state index contributed by atoms with van der Waals surface area (Å²) in [5, 5.41) is 14.8. The number of hydrogen-bond donors (Lipinski definition) is 2. The first-order valence-corrected chi connectivity index (χ1v) is 8.41. The molecular formula is C18H23N3O5. The van der Waals surface area contributed by atoms with Gasteiger partial charge in [0.25, 0.3) is 5.91 Å². The minimum atomic E-state index is -0.470. The second kappa shape index (κ2) is 10.3. The van der Waals surface area contributed by atoms with E-state index in [1.165, 1.54) is 6.20 Å². The topological polar surface area (TPSA) is 102 Å². The van der Waals surface area contributed by atoms with Crippen LogP contribution in [-0.2, 0) is 20.8 Å². The molecule has 26 heavy (non-hydrogen) atoms. The molecule has 1 aromatic rings. The molecule has 0 aliphatic carbocycles. The molecule has 0 bridgehead atoms. The molecule has 8 heteroatoms. The molecule has 1 aromatic carbocycles. The van der Waals surface area contributed by atoms with Crippen molar-refractivity contribution < 1.29 is 23.7 Å². The van der Waals surface area contributed by atoms with Crippen molar-refractivity contribution in [2.45, 2.75) is 26.7 Å². The molecule has 0 radical (unpaired) electrons. The summed E-state index contributed by atoms with van der Waals surface area (Å²) in [5.41, 5.74) is 0.818. The van der Waals surface area contributed by atoms with Crippen LogP contribution in [0.2, 0.25) is 0 Å². The molecule has 0 spiro atoms. The van der Waals surface area contributed by atoms with Crippen molar-refractivity contribution in [3.8, 4) is 17.6 Å². The first-order valence-electron chi connectivity index (χ1n) is 8.41. The van der Waals surface area contributed by atoms with E-state index in [1.54, 1.807) is 12.1 Å². The van der Waals surface area contributed by atoms with Gasteiger partial charge in [0.2, 0.25) is 6.79 Å². The molecule has 0 aromatic heterocycles. The van der Waals surface area contributed by atoms with Gasteiger partial charge in [-0.3, -0.25) is 4.79 Å². The van der Waals surface area contributed by atoms with Crippen molar-refractivity contribution in [3.63, 3.8) is 0 Å². The number of carbonyl (C=O) groups excluding carboxylic acids is 1. The highest BCUT2D eigenvalue weighted by molar-refractivity contribution is 5.97. The van der Waals surface area contributed by atoms with E-state index in [0.29, 0.717) is 31.3 Å². The van der Waals surface area contributed by atoms with Crippen LogP contribution in [0.5, 0.6) is 11.5 Å². The molecule has 0 saturated heterocycles. The monoisotopic (exact) mass is 361 g/mol. The van der Waals surface area contributed by atoms with Crippen LogP contribution in [0.3, 0.4) is 0 Å². The summed E-state index contributed by atoms with van der Waals surface area (Å²) in [6.45, 7) is 5.56. The Morgan fingerprint density at radius 2 is 2.04 bits per heavy atom. The first-order chi connectivity index (χ1) is 12.7. The summed E-state index contributed by atoms with van der Waals surface area (Å²) < 4.78 is 21.3. The fourth-order valence-electron chi connectivity index (χ4n) is 2.27. The number of hydrogen-bond acceptors (Lipinski definition) is 7. The lowest BCUT2D eigenvalue weighted by molar-refractivity contribution is -0.131. The van der Waals surface area contributed by atoms with Gasteiger partial charge in [0.15, 0.2) is 17.8 Å². The fraction of sp³-hybridized carbons (Fsp3) is 0.444. The highest BCUT2D eigenvalue weighted by Crippen LogP contribution is 2.32. The van der Waals surface area contributed by atoms with E-state index in [1.807, 2.05) is 26.0 Å². The zero-order chi connectivity index (χ0) is 18.8. The van der Waals surface area contributed by atoms with Crippen molar-refractivity contribution in [3.05, 3.63) is 35.5 Å². The maximum Gasteiger partial charge on any atom is 0.263 e. The molecule has 0 atom stereocenters. The Morgan fingerprint density at radius 3 is 2.73 bits per heavy atom. The molecule has 140 valence electrons. The van der Waals surface area contributed by atoms with E-state index < -0.39 is 12.2 Å². The Balaban J connectivity index is 1.84. The van der Waals surface area contributed by atoms with Gasteiger partial charge in [0, 0.05) is 26.0 Å². The lowest BCUT2D eigenvalue weighted by Crippen LogP contribution is -2.30. The van der Waals surface area contributed by atoms with Crippen LogP contribution < -0.4 is 20.1 Å². The Labute approximate surface area is 152 Å². The third-order valence-corrected chi connectivity index (χ3v) is 3.49. The fourth-order valence-corrected chi connectivity index (χ4v) is 2.27. The van der Waals surface area contributed by atoms with Gasteiger partial charge in [-0.15, -0.1) is 0 Å². The van der Waals surface area contributed by atoms with E-state index in [-0.39, 0.29) is 18.9 Å². The minimum absolute atomic E-state index is 0.0301. The normalized spacial score (nSPS) is 12.8. The van der Waals surface area contributed by atoms with Crippen molar-refractivity contribution in [2.24, 2.45) is 0 Å². The number of fused-ring (bicyclic) bond motifs is 1. The smallest absolute Gasteiger partial charge is 0.263 e. The van der Waals surface area contributed by atoms with Gasteiger partial charge in [-0.1, -0.05) is 6.07 Å². The van der Waals surface area contributed by atoms with Gasteiger partial charge in [-0.25, -0.2) is 0 Å². The lowest BCUT2D eigenvalue weighted by atomic mass is 10.2. The Bertz CT molecular complexity index is 678. The van der Waals surface area contributed by atoms with Crippen molar-refractivity contribution in [2.75, 3.05) is 26.6 Å². The Hall–Kier alpha value is -2.76. The van der Waals surface area contributed by atoms with Crippen LogP contribution in [0.15, 0.2) is 30.0 Å². The number of ether oxygens (including phenoxy) is 4. The number of nitrogens with one attached hydrogen (secondary N) is 2. The van der Waals surface area contributed by atoms with Gasteiger partial charge >= 0.3 is 0 Å². The van der Waals surface area contributed by atoms with Crippen LogP contribution in [0.1, 0.15) is 19.4 Å². The number of amides is 1. The zero-order valence-electron chi connectivity index (χ0n) is 14.9. The van der Waals surface area contributed by atoms with E-state index in [2.05, 4.69) is 10.6 Å². The standard InChI is InChI=1S/C18H23N3O5/c1-3-23-17(24-4-2)11-20-10-14(8-19)18(22)21-9-13-5-6-15-16(7-13)26-12-25-15/h5-7,10,17,20H,3-4,9,11-12H2,1-2H3,(H,21,22)/b14-10-. The molecule has 1 aliphatic rings. The number of carbonyl (C=O) groups is 1. The molecule has 2 N–H and O–H groups in total. The summed E-state index contributed by atoms with van der Waals surface area (Å²) >= 11 is 0. The van der Waals surface area contributed by atoms with E-state index in [9.17, 15) is 10.1 Å². The van der Waals surface area contributed by atoms with Crippen molar-refractivity contribution >= 4 is 5.91 Å². The molecule has 0 unspecified atom stereocenters. The third kappa shape index (κ3) is 5.65. The summed E-state index contributed by atoms with van der Waals surface area (Å²) in [5.74, 6) is 0.856. The van der Waals surface area contributed by atoms with E-state index in [0.717, 1.165) is 5.56 Å². The van der Waals surface area contributed by atoms with Crippen LogP contribution in [0, 0.1) is 11.3 Å². The summed E-state index contributed by atoms with van der Waals surface area (Å²) in [6, 6.07) is 7.29. The predicted octanol–water partition coefficient (Wildman–Crippen LogP) is 1.43. The summed E-state index contributed by atoms with van der Waals surface area (Å²) in [6.07, 6.45) is 0.929. The van der Waals surface area contributed by atoms with E-state index >= 15 is 0 Å². The van der Waals surface area contributed by atoms with Gasteiger partial charge in [-0.05, 0) is 31.5 Å². The zero-order valence-corrected chi connectivity index (χ0v) is 14.9. The number of nitriles is 1. The van der Waals surface area contributed by atoms with Gasteiger partial charge in [0.05, 0.1) is 6.54 Å². The predicted molar refractivity (Wildman–Crippen MR) is 93.2 cm³/mol. The lowest BCUT2D eigenvalue weighted by Gasteiger charge is -2.16. The maximum absolute atomic E-state index is 12.1. The molecule has 1 amide bonds. The molecule has 1 aliphatic heterocycles. The SMILES string of the molecule is CCOC(CN/C=C(/C#N)C(=O)NCc1ccc2c(c1)OCO2)OCC. The molecule has 8 nitrogen and oxygen atoms in total. The van der Waals surface area contributed by atoms with Crippen LogP contribution >= 0.6 is 0 Å². The van der Waals surface area contributed by atoms with Crippen LogP contribution in [0.4, 0.5) is 0 Å². The Kier molecular flexibility index (Phi) is 7.74. The van der Waals surface area contributed by atoms with Crippen LogP contribution in [0.25, 0.3) is 0 Å². The average molecular weight is 361 g/mol. The molecule has 2 rings (SSSR count). The van der Waals surface area contributed by atoms with Gasteiger partial charge in [0.1, 0.15) is 11.6 Å². The van der Waals surface area contributed by atoms with Gasteiger partial charge in [-0.2, -0.15) is 5.26 Å². The molecule has 0 saturated carbocycles. The number of benzene rings is 1. The number of rotatable bonds is 10. The highest BCUT2D eigenvalue weighted by Gasteiger charge is 2.14. The van der Waals surface area contributed by atoms with E-state index in [4.69, 9.17) is 18.9 Å². The molecule has 1 heterocycles. The molecular weight excluding hydrogens is 338 g/mol. The van der Waals surface area contributed by atoms with Gasteiger partial charge < -0.3 is 29.6 Å². The summed E-state index contributed by atoms with van der Waals surface area (Å²) in [7, 11) is 0. The van der Waals surface area contributed by atoms with Crippen molar-refractivity contribution in [1.82, 2.24) is 10.6 Å². The second-order valence-corrected chi connectivity index (χ2v) is 5.29. The first kappa shape index (κ1) is 19.6. The number of nitrogens with zero attached hydrogens (tertiary/aromatic N) is 1. The second-order valence-electron chi connectivity index (χ2n) is 5.29. The molecule has 0 fully saturated rings. The average Bonchev–Trinajstić information content (AvgIpc) is 3.11. The minimum Gasteiger partial charge on any atom is -0.454 e. The highest BCUT2D eigenvalue weighted by atomic mass is 16.7. The Morgan fingerprint density at radius 1 is 1.31 bits per heavy atom. The largest absolute Gasteiger partial charge is 0.454 e. The summed E-state index contributed by atoms with van der Waals surface area (Å²) in [4.78, 5) is 12.1. The third-order valence-electron chi connectivity index (χ3n) is 3.49. The quantitative estimate of drug-likeness (QED) is 0.369. The van der Waals surface area contributed by atoms with Crippen molar-refractivity contribution in [1.29, 1.82) is 5.26 Å². The van der Waals surface area contributed by atoms with Crippen LogP contribution in [-0.4, -0.2) is 38.7 Å². The maximum atomic E-state index is 12.1.